The van der Waals surface area contributed by atoms with E-state index in [0.29, 0.717) is 44.8 Å². The summed E-state index contributed by atoms with van der Waals surface area (Å²) in [5.41, 5.74) is 10.5. The summed E-state index contributed by atoms with van der Waals surface area (Å²) in [5, 5.41) is 17.5. The quantitative estimate of drug-likeness (QED) is 0.699. The summed E-state index contributed by atoms with van der Waals surface area (Å²) in [6.07, 6.45) is 1.92. The highest BCUT2D eigenvalue weighted by atomic mass is 32.1. The molecule has 29 heavy (non-hydrogen) atoms. The van der Waals surface area contributed by atoms with E-state index in [4.69, 9.17) is 18.0 Å². The molecule has 1 aromatic heterocycles. The lowest BCUT2D eigenvalue weighted by molar-refractivity contribution is -0.116. The number of rotatable bonds is 3. The maximum atomic E-state index is 13.0. The van der Waals surface area contributed by atoms with Crippen molar-refractivity contribution in [1.29, 1.82) is 5.26 Å². The number of benzene rings is 1. The molecule has 2 aromatic rings. The van der Waals surface area contributed by atoms with Crippen molar-refractivity contribution >= 4 is 34.5 Å². The Morgan fingerprint density at radius 2 is 2.07 bits per heavy atom. The minimum absolute atomic E-state index is 0.0635. The van der Waals surface area contributed by atoms with Crippen LogP contribution in [0.1, 0.15) is 56.1 Å². The molecule has 8 heteroatoms. The first-order valence-electron chi connectivity index (χ1n) is 9.53. The summed E-state index contributed by atoms with van der Waals surface area (Å²) < 4.78 is 0.516. The van der Waals surface area contributed by atoms with Crippen LogP contribution in [0.3, 0.4) is 0 Å². The molecule has 2 heterocycles. The van der Waals surface area contributed by atoms with E-state index in [2.05, 4.69) is 42.2 Å². The lowest BCUT2D eigenvalue weighted by atomic mass is 9.75. The van der Waals surface area contributed by atoms with Gasteiger partial charge in [-0.3, -0.25) is 14.8 Å². The van der Waals surface area contributed by atoms with Gasteiger partial charge in [0.15, 0.2) is 9.74 Å². The Bertz CT molecular complexity index is 1130. The normalized spacial score (nSPS) is 19.6. The first-order valence-corrected chi connectivity index (χ1v) is 10.8. The molecular weight excluding hydrogens is 402 g/mol. The first kappa shape index (κ1) is 19.6. The van der Waals surface area contributed by atoms with Crippen molar-refractivity contribution in [1.82, 2.24) is 10.2 Å². The van der Waals surface area contributed by atoms with Crippen molar-refractivity contribution in [3.8, 4) is 6.07 Å². The molecule has 4 rings (SSSR count). The van der Waals surface area contributed by atoms with Gasteiger partial charge in [-0.1, -0.05) is 49.4 Å². The summed E-state index contributed by atoms with van der Waals surface area (Å²) in [6, 6.07) is 10.4. The number of nitrogens with zero attached hydrogens (tertiary/aromatic N) is 3. The zero-order chi connectivity index (χ0) is 20.7. The molecule has 0 bridgehead atoms. The van der Waals surface area contributed by atoms with Crippen LogP contribution >= 0.6 is 23.6 Å². The maximum Gasteiger partial charge on any atom is 0.216 e. The van der Waals surface area contributed by atoms with Gasteiger partial charge in [0.25, 0.3) is 0 Å². The lowest BCUT2D eigenvalue weighted by Crippen LogP contribution is -2.38. The second-order valence-electron chi connectivity index (χ2n) is 7.53. The molecular formula is C21H21N5OS2. The number of nitrogens with one attached hydrogen (secondary N) is 1. The van der Waals surface area contributed by atoms with Crippen LogP contribution in [0.4, 0.5) is 5.13 Å². The second-order valence-corrected chi connectivity index (χ2v) is 9.18. The molecule has 0 amide bonds. The van der Waals surface area contributed by atoms with Crippen LogP contribution in [0, 0.1) is 15.3 Å². The van der Waals surface area contributed by atoms with E-state index in [1.807, 2.05) is 12.1 Å². The number of aromatic nitrogens is 2. The highest BCUT2D eigenvalue weighted by molar-refractivity contribution is 7.73. The fourth-order valence-corrected chi connectivity index (χ4v) is 4.95. The maximum absolute atomic E-state index is 13.0. The van der Waals surface area contributed by atoms with Gasteiger partial charge >= 0.3 is 0 Å². The van der Waals surface area contributed by atoms with Crippen LogP contribution in [0.15, 0.2) is 46.9 Å². The first-order chi connectivity index (χ1) is 13.9. The standard InChI is InChI=1S/C21H21N5OS2/c1-11(2)12-6-8-13(9-7-12)17-14(10-22)19(23)26(20-24-25-21(28)29-20)15-4-3-5-16(27)18(15)17/h6-9,11,17H,3-5,23H2,1-2H3,(H,25,28). The molecule has 1 aliphatic heterocycles. The second kappa shape index (κ2) is 7.58. The molecule has 148 valence electrons. The van der Waals surface area contributed by atoms with Gasteiger partial charge in [0.05, 0.1) is 17.6 Å². The fraction of sp³-hybridized carbons (Fsp3) is 0.333. The summed E-state index contributed by atoms with van der Waals surface area (Å²) in [6.45, 7) is 4.27. The van der Waals surface area contributed by atoms with Crippen LogP contribution in [0.2, 0.25) is 0 Å². The molecule has 0 radical (unpaired) electrons. The van der Waals surface area contributed by atoms with Gasteiger partial charge in [-0.05, 0) is 42.1 Å². The zero-order valence-corrected chi connectivity index (χ0v) is 17.9. The van der Waals surface area contributed by atoms with E-state index in [0.717, 1.165) is 17.7 Å². The number of hydrogen-bond donors (Lipinski definition) is 2. The van der Waals surface area contributed by atoms with Crippen LogP contribution in [-0.2, 0) is 4.79 Å². The molecule has 0 fully saturated rings. The Kier molecular flexibility index (Phi) is 5.11. The van der Waals surface area contributed by atoms with Crippen LogP contribution < -0.4 is 10.6 Å². The van der Waals surface area contributed by atoms with Crippen molar-refractivity contribution in [3.05, 3.63) is 62.0 Å². The SMILES string of the molecule is CC(C)c1ccc(C2C(C#N)=C(N)N(c3n[nH]c(=S)s3)C3=C2C(=O)CCC3)cc1. The number of ketones is 1. The Morgan fingerprint density at radius 1 is 1.34 bits per heavy atom. The highest BCUT2D eigenvalue weighted by Crippen LogP contribution is 2.46. The molecule has 1 unspecified atom stereocenters. The van der Waals surface area contributed by atoms with Gasteiger partial charge in [0.1, 0.15) is 5.82 Å². The predicted molar refractivity (Wildman–Crippen MR) is 116 cm³/mol. The van der Waals surface area contributed by atoms with E-state index in [9.17, 15) is 10.1 Å². The third kappa shape index (κ3) is 3.30. The van der Waals surface area contributed by atoms with E-state index in [1.165, 1.54) is 16.9 Å². The summed E-state index contributed by atoms with van der Waals surface area (Å²) in [7, 11) is 0. The number of H-pyrrole nitrogens is 1. The molecule has 0 spiro atoms. The van der Waals surface area contributed by atoms with Gasteiger partial charge in [0, 0.05) is 17.7 Å². The average Bonchev–Trinajstić information content (AvgIpc) is 3.13. The Balaban J connectivity index is 1.92. The third-order valence-electron chi connectivity index (χ3n) is 5.47. The number of aromatic amines is 1. The molecule has 1 aromatic carbocycles. The van der Waals surface area contributed by atoms with Crippen molar-refractivity contribution in [2.75, 3.05) is 4.90 Å². The van der Waals surface area contributed by atoms with Gasteiger partial charge in [-0.2, -0.15) is 5.26 Å². The number of carbonyl (C=O) groups excluding carboxylic acids is 1. The number of nitriles is 1. The number of nitrogens with two attached hydrogens (primary N) is 1. The van der Waals surface area contributed by atoms with Crippen molar-refractivity contribution in [2.24, 2.45) is 5.73 Å². The number of allylic oxidation sites excluding steroid dienone is 3. The number of hydrogen-bond acceptors (Lipinski definition) is 7. The third-order valence-corrected chi connectivity index (χ3v) is 6.54. The van der Waals surface area contributed by atoms with E-state index in [1.54, 1.807) is 4.90 Å². The molecule has 0 saturated heterocycles. The highest BCUT2D eigenvalue weighted by Gasteiger charge is 2.41. The van der Waals surface area contributed by atoms with Gasteiger partial charge < -0.3 is 5.73 Å². The Morgan fingerprint density at radius 3 is 2.66 bits per heavy atom. The molecule has 3 N–H and O–H groups in total. The summed E-state index contributed by atoms with van der Waals surface area (Å²) in [4.78, 5) is 14.8. The monoisotopic (exact) mass is 423 g/mol. The Hall–Kier alpha value is -2.76. The largest absolute Gasteiger partial charge is 0.384 e. The van der Waals surface area contributed by atoms with Crippen molar-refractivity contribution in [3.63, 3.8) is 0 Å². The van der Waals surface area contributed by atoms with E-state index in [-0.39, 0.29) is 5.78 Å². The predicted octanol–water partition coefficient (Wildman–Crippen LogP) is 4.63. The summed E-state index contributed by atoms with van der Waals surface area (Å²) >= 11 is 6.45. The molecule has 2 aliphatic rings. The lowest BCUT2D eigenvalue weighted by Gasteiger charge is -2.38. The minimum atomic E-state index is -0.452. The van der Waals surface area contributed by atoms with Crippen LogP contribution in [-0.4, -0.2) is 16.0 Å². The fourth-order valence-electron chi connectivity index (χ4n) is 4.03. The zero-order valence-electron chi connectivity index (χ0n) is 16.2. The molecule has 1 aliphatic carbocycles. The minimum Gasteiger partial charge on any atom is -0.384 e. The van der Waals surface area contributed by atoms with E-state index < -0.39 is 5.92 Å². The van der Waals surface area contributed by atoms with E-state index >= 15 is 0 Å². The number of anilines is 1. The number of Topliss-reactive ketones (excluding diaryl/α,β-unsaturated/α-hetero) is 1. The number of carbonyl (C=O) groups is 1. The smallest absolute Gasteiger partial charge is 0.216 e. The van der Waals surface area contributed by atoms with Crippen molar-refractivity contribution in [2.45, 2.75) is 44.9 Å². The Labute approximate surface area is 178 Å². The van der Waals surface area contributed by atoms with Crippen LogP contribution in [0.25, 0.3) is 0 Å². The van der Waals surface area contributed by atoms with Gasteiger partial charge in [-0.15, -0.1) is 5.10 Å². The average molecular weight is 424 g/mol. The topological polar surface area (TPSA) is 98.8 Å². The molecule has 6 nitrogen and oxygen atoms in total. The van der Waals surface area contributed by atoms with Gasteiger partial charge in [0.2, 0.25) is 5.13 Å². The van der Waals surface area contributed by atoms with Crippen LogP contribution in [0.5, 0.6) is 0 Å². The van der Waals surface area contributed by atoms with Gasteiger partial charge in [-0.25, -0.2) is 0 Å². The van der Waals surface area contributed by atoms with Crippen molar-refractivity contribution < 1.29 is 4.79 Å². The summed E-state index contributed by atoms with van der Waals surface area (Å²) in [5.74, 6) is 0.333. The molecule has 0 saturated carbocycles. The molecule has 1 atom stereocenters.